The number of hydrogen-bond acceptors (Lipinski definition) is 6. The van der Waals surface area contributed by atoms with Crippen LogP contribution in [0.4, 0.5) is 5.82 Å². The number of fused-ring (bicyclic) bond motifs is 1. The van der Waals surface area contributed by atoms with E-state index < -0.39 is 10.0 Å². The summed E-state index contributed by atoms with van der Waals surface area (Å²) in [6.45, 7) is 1.05. The molecule has 114 valence electrons. The van der Waals surface area contributed by atoms with Gasteiger partial charge in [0.2, 0.25) is 10.0 Å². The minimum atomic E-state index is -3.15. The monoisotopic (exact) mass is 310 g/mol. The number of aromatic nitrogens is 4. The van der Waals surface area contributed by atoms with E-state index in [9.17, 15) is 8.42 Å². The Bertz CT molecular complexity index is 756. The van der Waals surface area contributed by atoms with Crippen molar-refractivity contribution in [2.75, 3.05) is 24.7 Å². The maximum Gasteiger partial charge on any atom is 0.211 e. The molecule has 1 aliphatic rings. The molecule has 3 rings (SSSR count). The number of sulfonamides is 1. The molecular weight excluding hydrogens is 292 g/mol. The standard InChI is InChI=1S/C12H18N6O2S/c1-17-12-10(6-15-17)11(13-8-14-12)16-9-4-3-5-18(7-9)21(2,19)20/h6,8-9H,3-5,7H2,1-2H3,(H,13,14,16). The zero-order chi connectivity index (χ0) is 15.0. The van der Waals surface area contributed by atoms with Crippen LogP contribution < -0.4 is 5.32 Å². The van der Waals surface area contributed by atoms with Crippen LogP contribution in [0, 0.1) is 0 Å². The lowest BCUT2D eigenvalue weighted by Gasteiger charge is -2.31. The van der Waals surface area contributed by atoms with Gasteiger partial charge >= 0.3 is 0 Å². The molecular formula is C12H18N6O2S. The van der Waals surface area contributed by atoms with Crippen molar-refractivity contribution in [3.8, 4) is 0 Å². The van der Waals surface area contributed by atoms with Crippen molar-refractivity contribution < 1.29 is 8.42 Å². The Kier molecular flexibility index (Phi) is 3.54. The third kappa shape index (κ3) is 2.84. The summed E-state index contributed by atoms with van der Waals surface area (Å²) < 4.78 is 26.5. The van der Waals surface area contributed by atoms with Gasteiger partial charge in [0.15, 0.2) is 5.65 Å². The predicted octanol–water partition coefficient (Wildman–Crippen LogP) is 0.199. The molecule has 0 spiro atoms. The van der Waals surface area contributed by atoms with E-state index in [2.05, 4.69) is 20.4 Å². The summed E-state index contributed by atoms with van der Waals surface area (Å²) in [5, 5.41) is 8.34. The van der Waals surface area contributed by atoms with E-state index >= 15 is 0 Å². The number of piperidine rings is 1. The molecule has 1 N–H and O–H groups in total. The summed E-state index contributed by atoms with van der Waals surface area (Å²) in [6.07, 6.45) is 6.21. The zero-order valence-corrected chi connectivity index (χ0v) is 12.8. The molecule has 1 fully saturated rings. The molecule has 0 aliphatic carbocycles. The smallest absolute Gasteiger partial charge is 0.211 e. The molecule has 8 nitrogen and oxygen atoms in total. The second-order valence-electron chi connectivity index (χ2n) is 5.33. The van der Waals surface area contributed by atoms with E-state index in [0.717, 1.165) is 23.9 Å². The van der Waals surface area contributed by atoms with E-state index in [0.29, 0.717) is 18.9 Å². The largest absolute Gasteiger partial charge is 0.365 e. The Morgan fingerprint density at radius 2 is 2.19 bits per heavy atom. The van der Waals surface area contributed by atoms with Crippen LogP contribution in [0.1, 0.15) is 12.8 Å². The molecule has 2 aromatic rings. The van der Waals surface area contributed by atoms with Crippen molar-refractivity contribution in [2.24, 2.45) is 7.05 Å². The van der Waals surface area contributed by atoms with Crippen LogP contribution in [-0.2, 0) is 17.1 Å². The van der Waals surface area contributed by atoms with E-state index in [1.807, 2.05) is 7.05 Å². The van der Waals surface area contributed by atoms with Crippen LogP contribution >= 0.6 is 0 Å². The number of anilines is 1. The Labute approximate surface area is 123 Å². The van der Waals surface area contributed by atoms with E-state index in [4.69, 9.17) is 0 Å². The average molecular weight is 310 g/mol. The molecule has 2 aromatic heterocycles. The minimum Gasteiger partial charge on any atom is -0.365 e. The fraction of sp³-hybridized carbons (Fsp3) is 0.583. The fourth-order valence-corrected chi connectivity index (χ4v) is 3.54. The predicted molar refractivity (Wildman–Crippen MR) is 79.4 cm³/mol. The van der Waals surface area contributed by atoms with Gasteiger partial charge in [0, 0.05) is 26.2 Å². The summed E-state index contributed by atoms with van der Waals surface area (Å²) >= 11 is 0. The molecule has 0 bridgehead atoms. The second-order valence-corrected chi connectivity index (χ2v) is 7.31. The topological polar surface area (TPSA) is 93.0 Å². The maximum atomic E-state index is 11.7. The highest BCUT2D eigenvalue weighted by molar-refractivity contribution is 7.88. The third-order valence-electron chi connectivity index (χ3n) is 3.72. The quantitative estimate of drug-likeness (QED) is 0.870. The van der Waals surface area contributed by atoms with Crippen LogP contribution in [0.3, 0.4) is 0 Å². The van der Waals surface area contributed by atoms with Crippen molar-refractivity contribution in [1.29, 1.82) is 0 Å². The molecule has 0 radical (unpaired) electrons. The first kappa shape index (κ1) is 14.2. The van der Waals surface area contributed by atoms with Crippen molar-refractivity contribution in [3.63, 3.8) is 0 Å². The highest BCUT2D eigenvalue weighted by Crippen LogP contribution is 2.22. The molecule has 21 heavy (non-hydrogen) atoms. The molecule has 1 unspecified atom stereocenters. The minimum absolute atomic E-state index is 0.0479. The highest BCUT2D eigenvalue weighted by atomic mass is 32.2. The molecule has 0 amide bonds. The lowest BCUT2D eigenvalue weighted by Crippen LogP contribution is -2.44. The lowest BCUT2D eigenvalue weighted by atomic mass is 10.1. The number of nitrogens with one attached hydrogen (secondary N) is 1. The van der Waals surface area contributed by atoms with Gasteiger partial charge in [0.1, 0.15) is 12.1 Å². The van der Waals surface area contributed by atoms with E-state index in [1.165, 1.54) is 16.9 Å². The SMILES string of the molecule is Cn1ncc2c(NC3CCCN(S(C)(=O)=O)C3)ncnc21. The summed E-state index contributed by atoms with van der Waals surface area (Å²) in [5.41, 5.74) is 0.753. The normalized spacial score (nSPS) is 20.8. The Morgan fingerprint density at radius 3 is 2.95 bits per heavy atom. The van der Waals surface area contributed by atoms with Gasteiger partial charge < -0.3 is 5.32 Å². The van der Waals surface area contributed by atoms with E-state index in [1.54, 1.807) is 10.9 Å². The Balaban J connectivity index is 1.82. The molecule has 9 heteroatoms. The van der Waals surface area contributed by atoms with E-state index in [-0.39, 0.29) is 6.04 Å². The number of aryl methyl sites for hydroxylation is 1. The van der Waals surface area contributed by atoms with Gasteiger partial charge in [-0.1, -0.05) is 0 Å². The second kappa shape index (κ2) is 5.23. The van der Waals surface area contributed by atoms with Gasteiger partial charge in [0.05, 0.1) is 17.8 Å². The number of rotatable bonds is 3. The summed E-state index contributed by atoms with van der Waals surface area (Å²) in [7, 11) is -1.32. The molecule has 1 atom stereocenters. The average Bonchev–Trinajstić information content (AvgIpc) is 2.81. The summed E-state index contributed by atoms with van der Waals surface area (Å²) in [5.74, 6) is 0.702. The molecule has 3 heterocycles. The molecule has 0 aromatic carbocycles. The van der Waals surface area contributed by atoms with Gasteiger partial charge in [-0.05, 0) is 12.8 Å². The van der Waals surface area contributed by atoms with Crippen LogP contribution in [-0.4, -0.2) is 57.9 Å². The van der Waals surface area contributed by atoms with Crippen LogP contribution in [0.25, 0.3) is 11.0 Å². The van der Waals surface area contributed by atoms with Gasteiger partial charge in [-0.25, -0.2) is 22.7 Å². The lowest BCUT2D eigenvalue weighted by molar-refractivity contribution is 0.329. The maximum absolute atomic E-state index is 11.7. The molecule has 1 saturated heterocycles. The third-order valence-corrected chi connectivity index (χ3v) is 4.99. The fourth-order valence-electron chi connectivity index (χ4n) is 2.63. The first-order chi connectivity index (χ1) is 9.95. The number of hydrogen-bond donors (Lipinski definition) is 1. The van der Waals surface area contributed by atoms with Crippen molar-refractivity contribution in [2.45, 2.75) is 18.9 Å². The van der Waals surface area contributed by atoms with Crippen LogP contribution in [0.2, 0.25) is 0 Å². The van der Waals surface area contributed by atoms with Gasteiger partial charge in [-0.15, -0.1) is 0 Å². The number of nitrogens with zero attached hydrogens (tertiary/aromatic N) is 5. The first-order valence-electron chi connectivity index (χ1n) is 6.79. The van der Waals surface area contributed by atoms with Crippen LogP contribution in [0.15, 0.2) is 12.5 Å². The summed E-state index contributed by atoms with van der Waals surface area (Å²) in [4.78, 5) is 8.45. The summed E-state index contributed by atoms with van der Waals surface area (Å²) in [6, 6.07) is 0.0479. The van der Waals surface area contributed by atoms with Crippen molar-refractivity contribution in [3.05, 3.63) is 12.5 Å². The molecule has 1 aliphatic heterocycles. The molecule has 0 saturated carbocycles. The Morgan fingerprint density at radius 1 is 1.38 bits per heavy atom. The van der Waals surface area contributed by atoms with Crippen LogP contribution in [0.5, 0.6) is 0 Å². The zero-order valence-electron chi connectivity index (χ0n) is 12.0. The van der Waals surface area contributed by atoms with Gasteiger partial charge in [0.25, 0.3) is 0 Å². The Hall–Kier alpha value is -1.74. The van der Waals surface area contributed by atoms with Gasteiger partial charge in [-0.2, -0.15) is 5.10 Å². The first-order valence-corrected chi connectivity index (χ1v) is 8.64. The van der Waals surface area contributed by atoms with Gasteiger partial charge in [-0.3, -0.25) is 4.68 Å². The van der Waals surface area contributed by atoms with Crippen molar-refractivity contribution in [1.82, 2.24) is 24.1 Å². The highest BCUT2D eigenvalue weighted by Gasteiger charge is 2.26. The van der Waals surface area contributed by atoms with Crippen molar-refractivity contribution >= 4 is 26.9 Å².